The molecule has 80 heavy (non-hydrogen) atoms. The molecule has 0 unspecified atom stereocenters. The third-order valence-corrected chi connectivity index (χ3v) is 16.6. The van der Waals surface area contributed by atoms with Gasteiger partial charge < -0.3 is 38.6 Å². The number of hydrogen-bond acceptors (Lipinski definition) is 18. The molecule has 2 aliphatic rings. The Morgan fingerprint density at radius 3 is 1.44 bits per heavy atom. The van der Waals surface area contributed by atoms with Crippen LogP contribution in [0.5, 0.6) is 11.5 Å². The maximum absolute atomic E-state index is 14.4. The zero-order chi connectivity index (χ0) is 57.1. The lowest BCUT2D eigenvalue weighted by atomic mass is 10.1. The average molecular weight is 1140 g/mol. The van der Waals surface area contributed by atoms with Crippen LogP contribution in [0.25, 0.3) is 30.4 Å². The highest BCUT2D eigenvalue weighted by Crippen LogP contribution is 2.37. The zero-order valence-electron chi connectivity index (χ0n) is 44.3. The Balaban J connectivity index is 0.000000194. The number of carbonyl (C=O) groups excluding carboxylic acids is 3. The number of benzene rings is 2. The van der Waals surface area contributed by atoms with Crippen molar-refractivity contribution in [1.82, 2.24) is 58.1 Å². The van der Waals surface area contributed by atoms with Gasteiger partial charge in [-0.15, -0.1) is 9.59 Å². The molecule has 0 radical (unpaired) electrons. The van der Waals surface area contributed by atoms with Crippen LogP contribution in [0.2, 0.25) is 0 Å². The Morgan fingerprint density at radius 2 is 1.07 bits per heavy atom. The van der Waals surface area contributed by atoms with E-state index < -0.39 is 58.4 Å². The molecular formula is C52H56F2N12O12S2. The minimum atomic E-state index is -0.968. The molecule has 0 aliphatic carbocycles. The highest BCUT2D eigenvalue weighted by molar-refractivity contribution is 7.21. The number of likely N-dealkylation sites (N-methyl/N-ethyl adjacent to an activating group) is 2. The predicted molar refractivity (Wildman–Crippen MR) is 288 cm³/mol. The number of aliphatic hydroxyl groups excluding tert-OH is 1. The fraction of sp³-hybridized carbons (Fsp3) is 0.404. The molecule has 10 rings (SSSR count). The summed E-state index contributed by atoms with van der Waals surface area (Å²) in [6.07, 6.45) is 5.86. The van der Waals surface area contributed by atoms with Crippen molar-refractivity contribution in [1.29, 1.82) is 0 Å². The Hall–Kier alpha value is -8.05. The molecule has 2 amide bonds. The van der Waals surface area contributed by atoms with Crippen LogP contribution in [0.1, 0.15) is 72.2 Å². The number of likely N-dealkylation sites (tertiary alicyclic amines) is 2. The lowest BCUT2D eigenvalue weighted by Gasteiger charge is -2.23. The molecule has 1 N–H and O–H groups in total. The van der Waals surface area contributed by atoms with Gasteiger partial charge in [0.25, 0.3) is 11.1 Å². The number of fused-ring (bicyclic) bond motifs is 2. The van der Waals surface area contributed by atoms with Gasteiger partial charge in [-0.25, -0.2) is 27.5 Å². The summed E-state index contributed by atoms with van der Waals surface area (Å²) in [5.41, 5.74) is -0.752. The van der Waals surface area contributed by atoms with E-state index in [1.165, 1.54) is 104 Å². The number of rotatable bonds is 20. The van der Waals surface area contributed by atoms with Gasteiger partial charge in [0.2, 0.25) is 11.8 Å². The fourth-order valence-electron chi connectivity index (χ4n) is 9.96. The summed E-state index contributed by atoms with van der Waals surface area (Å²) in [5, 5.41) is 27.6. The lowest BCUT2D eigenvalue weighted by molar-refractivity contribution is -0.130. The molecule has 28 heteroatoms. The largest absolute Gasteiger partial charge is 0.496 e. The van der Waals surface area contributed by atoms with Gasteiger partial charge in [-0.05, 0) is 69.5 Å². The monoisotopic (exact) mass is 1140 g/mol. The van der Waals surface area contributed by atoms with Gasteiger partial charge in [0.15, 0.2) is 0 Å². The van der Waals surface area contributed by atoms with Crippen molar-refractivity contribution in [3.8, 4) is 21.5 Å². The van der Waals surface area contributed by atoms with E-state index >= 15 is 0 Å². The van der Waals surface area contributed by atoms with Gasteiger partial charge in [-0.1, -0.05) is 22.7 Å². The predicted octanol–water partition coefficient (Wildman–Crippen LogP) is 3.82. The van der Waals surface area contributed by atoms with Crippen molar-refractivity contribution in [2.45, 2.75) is 76.9 Å². The quantitative estimate of drug-likeness (QED) is 0.0840. The SMILES string of the molecule is COc1ccc(F)cc1[C@H](Cn1c(=O)n([C@@H]2CCN(C)C2=O)c(=O)c2c(C)c(-n3nccn3)sc21)OCCC=O.COc1ccc(F)cc1[C@H](Cn1c(=O)n([C@@H]2CCN(C)C2=O)c(=O)c2c(C)c(-n3nccn3)sc21)OCCCO. The van der Waals surface area contributed by atoms with Crippen molar-refractivity contribution in [3.05, 3.63) is 137 Å². The first-order chi connectivity index (χ1) is 38.5. The van der Waals surface area contributed by atoms with Crippen molar-refractivity contribution in [2.24, 2.45) is 0 Å². The number of amides is 2. The summed E-state index contributed by atoms with van der Waals surface area (Å²) in [7, 11) is 6.12. The summed E-state index contributed by atoms with van der Waals surface area (Å²) in [4.78, 5) is 99.2. The number of hydrogen-bond donors (Lipinski definition) is 1. The Morgan fingerprint density at radius 1 is 0.662 bits per heavy atom. The average Bonchev–Trinajstić information content (AvgIpc) is 4.49. The Labute approximate surface area is 461 Å². The molecule has 24 nitrogen and oxygen atoms in total. The number of carbonyl (C=O) groups is 3. The van der Waals surface area contributed by atoms with Crippen LogP contribution in [0.4, 0.5) is 8.78 Å². The standard InChI is InChI=1S/C26H29FN6O6S.C26H27FN6O6S/c2*1-15-21-23(36)32(18-7-10-30(2)22(18)35)26(37)31(25(21)40-24(15)33-28-8-9-29-33)14-20(39-12-4-11-34)17-13-16(27)5-6-19(17)38-3/h5-6,8-9,13,18,20,34H,4,7,10-12,14H2,1-3H3;5-6,8-9,11,13,18,20H,4,7,10,12,14H2,1-3H3/t2*18-,20+/m11/s1. The second kappa shape index (κ2) is 24.1. The second-order valence-corrected chi connectivity index (χ2v) is 20.8. The number of methoxy groups -OCH3 is 2. The summed E-state index contributed by atoms with van der Waals surface area (Å²) in [6, 6.07) is 6.01. The molecule has 8 aromatic rings. The van der Waals surface area contributed by atoms with E-state index in [1.807, 2.05) is 0 Å². The smallest absolute Gasteiger partial charge is 0.332 e. The van der Waals surface area contributed by atoms with Crippen LogP contribution >= 0.6 is 22.7 Å². The molecule has 2 aliphatic heterocycles. The van der Waals surface area contributed by atoms with Gasteiger partial charge in [-0.3, -0.25) is 28.3 Å². The molecule has 2 saturated heterocycles. The molecule has 0 saturated carbocycles. The number of aromatic nitrogens is 10. The number of ether oxygens (including phenoxy) is 4. The third kappa shape index (κ3) is 10.7. The van der Waals surface area contributed by atoms with Crippen LogP contribution in [0.15, 0.2) is 80.4 Å². The molecule has 0 bridgehead atoms. The maximum atomic E-state index is 14.4. The van der Waals surface area contributed by atoms with Crippen LogP contribution in [0, 0.1) is 25.5 Å². The molecule has 0 spiro atoms. The van der Waals surface area contributed by atoms with Gasteiger partial charge in [-0.2, -0.15) is 20.4 Å². The van der Waals surface area contributed by atoms with E-state index in [9.17, 15) is 47.4 Å². The van der Waals surface area contributed by atoms with E-state index in [0.29, 0.717) is 92.1 Å². The van der Waals surface area contributed by atoms with E-state index in [4.69, 9.17) is 18.9 Å². The molecular weight excluding hydrogens is 1090 g/mol. The Bertz CT molecular complexity index is 3850. The van der Waals surface area contributed by atoms with E-state index in [2.05, 4.69) is 20.4 Å². The first-order valence-electron chi connectivity index (χ1n) is 25.3. The molecule has 2 aromatic carbocycles. The minimum absolute atomic E-state index is 0.00317. The highest BCUT2D eigenvalue weighted by Gasteiger charge is 2.37. The third-order valence-electron chi connectivity index (χ3n) is 14.0. The van der Waals surface area contributed by atoms with Crippen molar-refractivity contribution in [2.75, 3.05) is 61.2 Å². The number of halogens is 2. The minimum Gasteiger partial charge on any atom is -0.496 e. The highest BCUT2D eigenvalue weighted by atomic mass is 32.1. The van der Waals surface area contributed by atoms with Gasteiger partial charge in [0, 0.05) is 69.1 Å². The normalized spacial score (nSPS) is 16.2. The summed E-state index contributed by atoms with van der Waals surface area (Å²) < 4.78 is 56.5. The Kier molecular flexibility index (Phi) is 17.1. The van der Waals surface area contributed by atoms with Crippen molar-refractivity contribution >= 4 is 61.2 Å². The number of aldehydes is 1. The van der Waals surface area contributed by atoms with Crippen LogP contribution in [0.3, 0.4) is 0 Å². The molecule has 4 atom stereocenters. The first kappa shape index (κ1) is 56.7. The molecule has 2 fully saturated rings. The second-order valence-electron chi connectivity index (χ2n) is 18.9. The van der Waals surface area contributed by atoms with E-state index in [0.717, 1.165) is 31.8 Å². The number of thiophene rings is 2. The number of aryl methyl sites for hydroxylation is 2. The molecule has 8 heterocycles. The van der Waals surface area contributed by atoms with E-state index in [-0.39, 0.29) is 61.9 Å². The summed E-state index contributed by atoms with van der Waals surface area (Å²) in [6.45, 7) is 4.01. The molecule has 6 aromatic heterocycles. The van der Waals surface area contributed by atoms with Crippen LogP contribution in [-0.4, -0.2) is 142 Å². The zero-order valence-corrected chi connectivity index (χ0v) is 45.9. The van der Waals surface area contributed by atoms with Crippen molar-refractivity contribution < 1.29 is 47.2 Å². The van der Waals surface area contributed by atoms with Crippen LogP contribution in [-0.2, 0) is 36.9 Å². The van der Waals surface area contributed by atoms with Gasteiger partial charge >= 0.3 is 11.4 Å². The number of aliphatic hydroxyl groups is 1. The molecule has 422 valence electrons. The summed E-state index contributed by atoms with van der Waals surface area (Å²) in [5.74, 6) is -1.04. The number of nitrogens with zero attached hydrogens (tertiary/aromatic N) is 12. The topological polar surface area (TPSA) is 264 Å². The van der Waals surface area contributed by atoms with Gasteiger partial charge in [0.05, 0.1) is 69.5 Å². The van der Waals surface area contributed by atoms with Crippen molar-refractivity contribution in [3.63, 3.8) is 0 Å². The summed E-state index contributed by atoms with van der Waals surface area (Å²) >= 11 is 2.30. The fourth-order valence-corrected chi connectivity index (χ4v) is 12.4. The lowest BCUT2D eigenvalue weighted by Crippen LogP contribution is -2.44. The first-order valence-corrected chi connectivity index (χ1v) is 26.9. The van der Waals surface area contributed by atoms with Crippen LogP contribution < -0.4 is 32.0 Å². The maximum Gasteiger partial charge on any atom is 0.332 e. The van der Waals surface area contributed by atoms with E-state index in [1.54, 1.807) is 27.9 Å². The van der Waals surface area contributed by atoms with Gasteiger partial charge in [0.1, 0.15) is 73.4 Å².